The maximum atomic E-state index is 10.7. The summed E-state index contributed by atoms with van der Waals surface area (Å²) in [5.41, 5.74) is 11.1. The molecule has 0 aliphatic rings. The smallest absolute Gasteiger partial charge is 0.383 e. The van der Waals surface area contributed by atoms with Gasteiger partial charge in [0.15, 0.2) is 5.82 Å². The van der Waals surface area contributed by atoms with E-state index >= 15 is 0 Å². The predicted octanol–water partition coefficient (Wildman–Crippen LogP) is -4.33. The van der Waals surface area contributed by atoms with Crippen molar-refractivity contribution in [2.24, 2.45) is 5.73 Å². The van der Waals surface area contributed by atoms with E-state index < -0.39 is 5.91 Å². The average Bonchev–Trinajstić information content (AvgIpc) is 2.51. The van der Waals surface area contributed by atoms with Gasteiger partial charge in [-0.25, -0.2) is 4.98 Å². The van der Waals surface area contributed by atoms with Crippen LogP contribution in [0.1, 0.15) is 10.6 Å². The quantitative estimate of drug-likeness (QED) is 0.465. The topological polar surface area (TPSA) is 122 Å². The number of hydrogen-bond donors (Lipinski definition) is 2. The molecule has 0 bridgehead atoms. The molecule has 0 fully saturated rings. The van der Waals surface area contributed by atoms with Crippen molar-refractivity contribution in [3.8, 4) is 0 Å². The van der Waals surface area contributed by atoms with Crippen LogP contribution < -0.4 is 67.8 Å². The van der Waals surface area contributed by atoms with Gasteiger partial charge in [-0.15, -0.1) is 0 Å². The molecule has 0 aliphatic carbocycles. The van der Waals surface area contributed by atoms with Gasteiger partial charge in [0.2, 0.25) is 0 Å². The first-order chi connectivity index (χ1) is 6.18. The molecule has 0 aliphatic heterocycles. The summed E-state index contributed by atoms with van der Waals surface area (Å²) in [6.45, 7) is 0. The number of nitrogens with zero attached hydrogens (tertiary/aromatic N) is 4. The Hall–Kier alpha value is -0.544. The predicted molar refractivity (Wildman–Crippen MR) is 43.6 cm³/mol. The summed E-state index contributed by atoms with van der Waals surface area (Å²) >= 11 is 0. The van der Waals surface area contributed by atoms with Crippen LogP contribution in [0.2, 0.25) is 0 Å². The fraction of sp³-hybridized carbons (Fsp3) is 0. The Kier molecular flexibility index (Phi) is 3.56. The molecule has 14 heavy (non-hydrogen) atoms. The first-order valence-electron chi connectivity index (χ1n) is 3.39. The number of carbonyl (C=O) groups excluding carboxylic acids is 1. The van der Waals surface area contributed by atoms with E-state index in [0.717, 1.165) is 0 Å². The third-order valence-corrected chi connectivity index (χ3v) is 1.48. The Morgan fingerprint density at radius 3 is 2.79 bits per heavy atom. The summed E-state index contributed by atoms with van der Waals surface area (Å²) in [7, 11) is 0. The fourth-order valence-corrected chi connectivity index (χ4v) is 0.925. The van der Waals surface area contributed by atoms with Crippen molar-refractivity contribution >= 4 is 22.9 Å². The van der Waals surface area contributed by atoms with E-state index in [4.69, 9.17) is 11.5 Å². The maximum Gasteiger partial charge on any atom is 1.00 e. The number of imidazole rings is 1. The summed E-state index contributed by atoms with van der Waals surface area (Å²) in [6, 6.07) is 0. The van der Waals surface area contributed by atoms with Gasteiger partial charge in [0.1, 0.15) is 5.82 Å². The second-order valence-corrected chi connectivity index (χ2v) is 2.34. The molecule has 0 aromatic carbocycles. The summed E-state index contributed by atoms with van der Waals surface area (Å²) in [5.74, 6) is -0.779. The molecule has 0 spiro atoms. The van der Waals surface area contributed by atoms with Gasteiger partial charge in [0.25, 0.3) is 5.91 Å². The third-order valence-electron chi connectivity index (χ3n) is 1.48. The number of aromatic nitrogens is 4. The van der Waals surface area contributed by atoms with Crippen LogP contribution in [-0.2, 0) is 0 Å². The Balaban J connectivity index is 0.000000980. The molecule has 0 unspecified atom stereocenters. The van der Waals surface area contributed by atoms with Crippen LogP contribution in [-0.4, -0.2) is 20.9 Å². The van der Waals surface area contributed by atoms with Gasteiger partial charge in [-0.05, 0) is 6.33 Å². The zero-order valence-electron chi connectivity index (χ0n) is 7.43. The van der Waals surface area contributed by atoms with Gasteiger partial charge >= 0.3 is 51.4 Å². The number of hydrogen-bond acceptors (Lipinski definition) is 5. The first kappa shape index (κ1) is 11.5. The van der Waals surface area contributed by atoms with Crippen molar-refractivity contribution in [3.63, 3.8) is 0 Å². The summed E-state index contributed by atoms with van der Waals surface area (Å²) in [4.78, 5) is 25.7. The fourth-order valence-electron chi connectivity index (χ4n) is 0.925. The summed E-state index contributed by atoms with van der Waals surface area (Å²) in [5, 5.41) is 0. The SMILES string of the molecule is NC(=O)c1nc(N)c2nc[n-]c2n1.[K+]. The maximum absolute atomic E-state index is 10.7. The van der Waals surface area contributed by atoms with E-state index in [1.54, 1.807) is 0 Å². The van der Waals surface area contributed by atoms with E-state index in [9.17, 15) is 4.79 Å². The van der Waals surface area contributed by atoms with Gasteiger partial charge in [-0.2, -0.15) is 0 Å². The van der Waals surface area contributed by atoms with Crippen molar-refractivity contribution in [1.29, 1.82) is 0 Å². The molecular formula is C6H5KN6O. The van der Waals surface area contributed by atoms with Crippen LogP contribution in [0.4, 0.5) is 5.82 Å². The Bertz CT molecular complexity index is 480. The second-order valence-electron chi connectivity index (χ2n) is 2.34. The van der Waals surface area contributed by atoms with Gasteiger partial charge in [0, 0.05) is 11.2 Å². The number of primary amides is 1. The van der Waals surface area contributed by atoms with Crippen LogP contribution in [0.15, 0.2) is 6.33 Å². The number of nitrogen functional groups attached to an aromatic ring is 1. The van der Waals surface area contributed by atoms with Crippen molar-refractivity contribution < 1.29 is 56.2 Å². The number of rotatable bonds is 1. The molecule has 4 N–H and O–H groups in total. The molecule has 0 saturated carbocycles. The molecule has 2 rings (SSSR count). The molecule has 0 radical (unpaired) electrons. The largest absolute Gasteiger partial charge is 1.00 e. The van der Waals surface area contributed by atoms with Crippen LogP contribution in [0.5, 0.6) is 0 Å². The minimum absolute atomic E-state index is 0. The van der Waals surface area contributed by atoms with Crippen LogP contribution >= 0.6 is 0 Å². The second kappa shape index (κ2) is 4.32. The number of nitrogens with two attached hydrogens (primary N) is 2. The molecule has 1 amide bonds. The van der Waals surface area contributed by atoms with Crippen LogP contribution in [0.25, 0.3) is 11.2 Å². The zero-order valence-corrected chi connectivity index (χ0v) is 10.6. The van der Waals surface area contributed by atoms with Crippen LogP contribution in [0.3, 0.4) is 0 Å². The van der Waals surface area contributed by atoms with E-state index in [1.807, 2.05) is 0 Å². The van der Waals surface area contributed by atoms with Crippen molar-refractivity contribution in [2.75, 3.05) is 5.73 Å². The molecule has 2 aromatic heterocycles. The Morgan fingerprint density at radius 1 is 1.43 bits per heavy atom. The first-order valence-corrected chi connectivity index (χ1v) is 3.39. The molecular weight excluding hydrogens is 211 g/mol. The molecule has 7 nitrogen and oxygen atoms in total. The Morgan fingerprint density at radius 2 is 2.14 bits per heavy atom. The summed E-state index contributed by atoms with van der Waals surface area (Å²) < 4.78 is 0. The monoisotopic (exact) mass is 216 g/mol. The van der Waals surface area contributed by atoms with Crippen molar-refractivity contribution in [2.45, 2.75) is 0 Å². The molecule has 0 atom stereocenters. The Labute approximate surface area is 121 Å². The van der Waals surface area contributed by atoms with Crippen LogP contribution in [0, 0.1) is 0 Å². The average molecular weight is 216 g/mol. The molecule has 2 heterocycles. The van der Waals surface area contributed by atoms with Crippen molar-refractivity contribution in [3.05, 3.63) is 12.2 Å². The van der Waals surface area contributed by atoms with Gasteiger partial charge in [-0.3, -0.25) is 4.79 Å². The molecule has 0 saturated heterocycles. The minimum atomic E-state index is -0.739. The van der Waals surface area contributed by atoms with Gasteiger partial charge in [0.05, 0.1) is 0 Å². The normalized spacial score (nSPS) is 9.71. The minimum Gasteiger partial charge on any atom is -0.383 e. The summed E-state index contributed by atoms with van der Waals surface area (Å²) in [6.07, 6.45) is 1.29. The third kappa shape index (κ3) is 1.93. The van der Waals surface area contributed by atoms with E-state index in [1.165, 1.54) is 6.33 Å². The molecule has 2 aromatic rings. The van der Waals surface area contributed by atoms with Crippen molar-refractivity contribution in [1.82, 2.24) is 19.9 Å². The van der Waals surface area contributed by atoms with E-state index in [2.05, 4.69) is 19.9 Å². The standard InChI is InChI=1S/C6H6N6O.K/c7-3-2-5(10-1-9-2)12-6(11-3)4(8)13;/h1H,(H5,7,8,9,10,11,12,13);/q;+1/p-1. The number of fused-ring (bicyclic) bond motifs is 1. The number of amides is 1. The van der Waals surface area contributed by atoms with E-state index in [-0.39, 0.29) is 68.7 Å². The van der Waals surface area contributed by atoms with Gasteiger partial charge in [-0.1, -0.05) is 0 Å². The molecule has 8 heteroatoms. The van der Waals surface area contributed by atoms with E-state index in [0.29, 0.717) is 5.52 Å². The van der Waals surface area contributed by atoms with Gasteiger partial charge < -0.3 is 26.4 Å². The number of anilines is 1. The molecule has 66 valence electrons. The zero-order chi connectivity index (χ0) is 9.42. The number of carbonyl (C=O) groups is 1.